The molecule has 2 aromatic rings. The molecule has 0 unspecified atom stereocenters. The molecule has 4 nitrogen and oxygen atoms in total. The topological polar surface area (TPSA) is 50.4 Å². The van der Waals surface area contributed by atoms with E-state index in [9.17, 15) is 4.79 Å². The van der Waals surface area contributed by atoms with E-state index >= 15 is 0 Å². The Morgan fingerprint density at radius 2 is 1.91 bits per heavy atom. The average molecular weight is 355 g/mol. The van der Waals surface area contributed by atoms with Crippen LogP contribution in [0.25, 0.3) is 0 Å². The van der Waals surface area contributed by atoms with Crippen LogP contribution in [0.3, 0.4) is 0 Å². The molecular formula is C15H12Cl2N2O2S. The van der Waals surface area contributed by atoms with Gasteiger partial charge in [-0.15, -0.1) is 0 Å². The highest BCUT2D eigenvalue weighted by Gasteiger charge is 2.07. The Labute approximate surface area is 143 Å². The molecule has 0 bridgehead atoms. The summed E-state index contributed by atoms with van der Waals surface area (Å²) in [5.74, 6) is 0.0486. The van der Waals surface area contributed by atoms with E-state index in [-0.39, 0.29) is 17.6 Å². The molecule has 0 heterocycles. The summed E-state index contributed by atoms with van der Waals surface area (Å²) in [6.45, 7) is -0.193. The van der Waals surface area contributed by atoms with Gasteiger partial charge in [-0.05, 0) is 42.5 Å². The number of thiocarbonyl (C=S) groups is 1. The normalized spacial score (nSPS) is 9.91. The lowest BCUT2D eigenvalue weighted by molar-refractivity contribution is -0.121. The van der Waals surface area contributed by atoms with Crippen LogP contribution in [0.5, 0.6) is 5.75 Å². The van der Waals surface area contributed by atoms with Crippen molar-refractivity contribution in [3.63, 3.8) is 0 Å². The SMILES string of the molecule is O=C(COc1ccccc1Cl)NC(=S)Nc1cccc(Cl)c1. The van der Waals surface area contributed by atoms with Crippen molar-refractivity contribution < 1.29 is 9.53 Å². The van der Waals surface area contributed by atoms with Crippen LogP contribution in [0.2, 0.25) is 10.0 Å². The summed E-state index contributed by atoms with van der Waals surface area (Å²) in [5, 5.41) is 6.54. The van der Waals surface area contributed by atoms with Crippen LogP contribution >= 0.6 is 35.4 Å². The fraction of sp³-hybridized carbons (Fsp3) is 0.0667. The first-order valence-electron chi connectivity index (χ1n) is 6.28. The Morgan fingerprint density at radius 1 is 1.14 bits per heavy atom. The van der Waals surface area contributed by atoms with Gasteiger partial charge in [0.05, 0.1) is 5.02 Å². The summed E-state index contributed by atoms with van der Waals surface area (Å²) in [6.07, 6.45) is 0. The third-order valence-corrected chi connectivity index (χ3v) is 3.28. The predicted octanol–water partition coefficient (Wildman–Crippen LogP) is 3.89. The molecule has 0 aliphatic rings. The molecule has 7 heteroatoms. The Balaban J connectivity index is 1.82. The number of carbonyl (C=O) groups excluding carboxylic acids is 1. The molecule has 0 atom stereocenters. The fourth-order valence-electron chi connectivity index (χ4n) is 1.60. The van der Waals surface area contributed by atoms with Crippen LogP contribution in [0.15, 0.2) is 48.5 Å². The van der Waals surface area contributed by atoms with Crippen molar-refractivity contribution in [1.29, 1.82) is 0 Å². The summed E-state index contributed by atoms with van der Waals surface area (Å²) in [7, 11) is 0. The van der Waals surface area contributed by atoms with Crippen LogP contribution in [0, 0.1) is 0 Å². The lowest BCUT2D eigenvalue weighted by atomic mass is 10.3. The first-order chi connectivity index (χ1) is 10.5. The lowest BCUT2D eigenvalue weighted by Gasteiger charge is -2.11. The average Bonchev–Trinajstić information content (AvgIpc) is 2.46. The molecule has 0 aliphatic carbocycles. The summed E-state index contributed by atoms with van der Waals surface area (Å²) in [4.78, 5) is 11.8. The van der Waals surface area contributed by atoms with E-state index in [1.165, 1.54) is 0 Å². The van der Waals surface area contributed by atoms with Crippen LogP contribution in [0.4, 0.5) is 5.69 Å². The van der Waals surface area contributed by atoms with Gasteiger partial charge in [-0.3, -0.25) is 10.1 Å². The van der Waals surface area contributed by atoms with E-state index in [1.54, 1.807) is 48.5 Å². The molecule has 114 valence electrons. The maximum absolute atomic E-state index is 11.8. The van der Waals surface area contributed by atoms with Crippen molar-refractivity contribution in [2.24, 2.45) is 0 Å². The molecule has 2 rings (SSSR count). The van der Waals surface area contributed by atoms with Crippen molar-refractivity contribution in [3.8, 4) is 5.75 Å². The summed E-state index contributed by atoms with van der Waals surface area (Å²) in [5.41, 5.74) is 0.685. The molecule has 22 heavy (non-hydrogen) atoms. The van der Waals surface area contributed by atoms with Gasteiger partial charge in [0.15, 0.2) is 11.7 Å². The van der Waals surface area contributed by atoms with Gasteiger partial charge in [0.25, 0.3) is 5.91 Å². The second-order valence-electron chi connectivity index (χ2n) is 4.23. The lowest BCUT2D eigenvalue weighted by Crippen LogP contribution is -2.37. The number of carbonyl (C=O) groups is 1. The summed E-state index contributed by atoms with van der Waals surface area (Å²) in [6, 6.07) is 13.9. The van der Waals surface area contributed by atoms with Gasteiger partial charge >= 0.3 is 0 Å². The zero-order chi connectivity index (χ0) is 15.9. The van der Waals surface area contributed by atoms with Crippen molar-refractivity contribution in [2.75, 3.05) is 11.9 Å². The number of para-hydroxylation sites is 1. The minimum Gasteiger partial charge on any atom is -0.482 e. The summed E-state index contributed by atoms with van der Waals surface area (Å²) < 4.78 is 5.32. The molecule has 0 radical (unpaired) electrons. The number of hydrogen-bond acceptors (Lipinski definition) is 3. The molecule has 0 aromatic heterocycles. The van der Waals surface area contributed by atoms with Crippen LogP contribution in [-0.2, 0) is 4.79 Å². The van der Waals surface area contributed by atoms with E-state index in [0.29, 0.717) is 21.5 Å². The Kier molecular flexibility index (Phi) is 6.00. The van der Waals surface area contributed by atoms with Crippen molar-refractivity contribution in [2.45, 2.75) is 0 Å². The highest BCUT2D eigenvalue weighted by Crippen LogP contribution is 2.22. The minimum atomic E-state index is -0.389. The van der Waals surface area contributed by atoms with Crippen LogP contribution in [-0.4, -0.2) is 17.6 Å². The van der Waals surface area contributed by atoms with Crippen molar-refractivity contribution in [1.82, 2.24) is 5.32 Å². The molecule has 0 spiro atoms. The first kappa shape index (κ1) is 16.5. The van der Waals surface area contributed by atoms with Gasteiger partial charge in [-0.2, -0.15) is 0 Å². The van der Waals surface area contributed by atoms with Crippen molar-refractivity contribution in [3.05, 3.63) is 58.6 Å². The maximum Gasteiger partial charge on any atom is 0.264 e. The maximum atomic E-state index is 11.8. The quantitative estimate of drug-likeness (QED) is 0.818. The van der Waals surface area contributed by atoms with E-state index < -0.39 is 0 Å². The Hall–Kier alpha value is -1.82. The highest BCUT2D eigenvalue weighted by atomic mass is 35.5. The molecular weight excluding hydrogens is 343 g/mol. The predicted molar refractivity (Wildman–Crippen MR) is 92.8 cm³/mol. The number of halogens is 2. The minimum absolute atomic E-state index is 0.162. The van der Waals surface area contributed by atoms with Gasteiger partial charge in [0, 0.05) is 10.7 Å². The zero-order valence-electron chi connectivity index (χ0n) is 11.3. The molecule has 0 aliphatic heterocycles. The third kappa shape index (κ3) is 5.18. The molecule has 2 N–H and O–H groups in total. The van der Waals surface area contributed by atoms with Gasteiger partial charge in [0.2, 0.25) is 0 Å². The third-order valence-electron chi connectivity index (χ3n) is 2.53. The molecule has 0 saturated heterocycles. The second kappa shape index (κ2) is 7.98. The zero-order valence-corrected chi connectivity index (χ0v) is 13.6. The largest absolute Gasteiger partial charge is 0.482 e. The molecule has 1 amide bonds. The molecule has 0 fully saturated rings. The Morgan fingerprint density at radius 3 is 2.64 bits per heavy atom. The van der Waals surface area contributed by atoms with E-state index in [1.807, 2.05) is 0 Å². The van der Waals surface area contributed by atoms with Crippen LogP contribution in [0.1, 0.15) is 0 Å². The molecule has 0 saturated carbocycles. The Bertz CT molecular complexity index is 695. The number of benzene rings is 2. The van der Waals surface area contributed by atoms with E-state index in [2.05, 4.69) is 10.6 Å². The van der Waals surface area contributed by atoms with Gasteiger partial charge < -0.3 is 10.1 Å². The van der Waals surface area contributed by atoms with Gasteiger partial charge in [-0.1, -0.05) is 41.4 Å². The van der Waals surface area contributed by atoms with Gasteiger partial charge in [-0.25, -0.2) is 0 Å². The smallest absolute Gasteiger partial charge is 0.264 e. The monoisotopic (exact) mass is 354 g/mol. The van der Waals surface area contributed by atoms with Crippen molar-refractivity contribution >= 4 is 52.1 Å². The van der Waals surface area contributed by atoms with E-state index in [4.69, 9.17) is 40.2 Å². The number of amides is 1. The standard InChI is InChI=1S/C15H12Cl2N2O2S/c16-10-4-3-5-11(8-10)18-15(22)19-14(20)9-21-13-7-2-1-6-12(13)17/h1-8H,9H2,(H2,18,19,20,22). The second-order valence-corrected chi connectivity index (χ2v) is 5.48. The van der Waals surface area contributed by atoms with Crippen LogP contribution < -0.4 is 15.4 Å². The van der Waals surface area contributed by atoms with E-state index in [0.717, 1.165) is 0 Å². The molecule has 2 aromatic carbocycles. The first-order valence-corrected chi connectivity index (χ1v) is 7.45. The highest BCUT2D eigenvalue weighted by molar-refractivity contribution is 7.80. The number of nitrogens with one attached hydrogen (secondary N) is 2. The number of hydrogen-bond donors (Lipinski definition) is 2. The summed E-state index contributed by atoms with van der Waals surface area (Å²) >= 11 is 16.8. The van der Waals surface area contributed by atoms with Gasteiger partial charge in [0.1, 0.15) is 5.75 Å². The fourth-order valence-corrected chi connectivity index (χ4v) is 2.21. The number of ether oxygens (including phenoxy) is 1. The number of rotatable bonds is 4. The number of anilines is 1.